The Labute approximate surface area is 136 Å². The van der Waals surface area contributed by atoms with Crippen molar-refractivity contribution in [3.05, 3.63) is 72.3 Å². The van der Waals surface area contributed by atoms with E-state index >= 15 is 0 Å². The molecule has 0 spiro atoms. The van der Waals surface area contributed by atoms with E-state index in [1.54, 1.807) is 0 Å². The molecule has 0 aliphatic carbocycles. The summed E-state index contributed by atoms with van der Waals surface area (Å²) in [7, 11) is 0. The van der Waals surface area contributed by atoms with E-state index in [4.69, 9.17) is 0 Å². The summed E-state index contributed by atoms with van der Waals surface area (Å²) in [5, 5.41) is 11.8. The van der Waals surface area contributed by atoms with Crippen molar-refractivity contribution in [1.82, 2.24) is 0 Å². The van der Waals surface area contributed by atoms with Crippen LogP contribution in [0.5, 0.6) is 0 Å². The van der Waals surface area contributed by atoms with Crippen LogP contribution in [0.15, 0.2) is 66.7 Å². The van der Waals surface area contributed by atoms with Crippen LogP contribution in [0.25, 0.3) is 43.1 Å². The zero-order valence-electron chi connectivity index (χ0n) is 11.9. The molecular weight excluding hydrogens is 333 g/mol. The maximum atomic E-state index is 3.71. The summed E-state index contributed by atoms with van der Waals surface area (Å²) >= 11 is 3.71. The zero-order chi connectivity index (χ0) is 14.7. The van der Waals surface area contributed by atoms with E-state index in [1.807, 2.05) is 0 Å². The van der Waals surface area contributed by atoms with E-state index in [-0.39, 0.29) is 0 Å². The van der Waals surface area contributed by atoms with Crippen LogP contribution in [-0.4, -0.2) is 0 Å². The molecule has 22 heavy (non-hydrogen) atoms. The predicted molar refractivity (Wildman–Crippen MR) is 100 cm³/mol. The number of alkyl halides is 1. The Morgan fingerprint density at radius 1 is 0.545 bits per heavy atom. The van der Waals surface area contributed by atoms with Gasteiger partial charge in [-0.2, -0.15) is 0 Å². The van der Waals surface area contributed by atoms with Gasteiger partial charge in [-0.1, -0.05) is 82.7 Å². The van der Waals surface area contributed by atoms with Gasteiger partial charge in [0, 0.05) is 5.33 Å². The summed E-state index contributed by atoms with van der Waals surface area (Å²) in [6.45, 7) is 0. The third-order valence-corrected chi connectivity index (χ3v) is 5.34. The molecule has 5 aromatic carbocycles. The second-order valence-corrected chi connectivity index (χ2v) is 6.40. The lowest BCUT2D eigenvalue weighted by Crippen LogP contribution is -1.90. The Morgan fingerprint density at radius 3 is 1.95 bits per heavy atom. The Hall–Kier alpha value is -2.12. The summed E-state index contributed by atoms with van der Waals surface area (Å²) < 4.78 is 0. The predicted octanol–water partition coefficient (Wildman–Crippen LogP) is 6.63. The maximum absolute atomic E-state index is 3.71. The lowest BCUT2D eigenvalue weighted by molar-refractivity contribution is 1.55. The molecule has 5 rings (SSSR count). The van der Waals surface area contributed by atoms with Crippen LogP contribution in [-0.2, 0) is 5.33 Å². The first-order valence-electron chi connectivity index (χ1n) is 7.51. The first-order valence-corrected chi connectivity index (χ1v) is 8.64. The van der Waals surface area contributed by atoms with Crippen LogP contribution in [0.3, 0.4) is 0 Å². The number of rotatable bonds is 1. The van der Waals surface area contributed by atoms with E-state index in [0.717, 1.165) is 5.33 Å². The van der Waals surface area contributed by atoms with Gasteiger partial charge in [0.05, 0.1) is 0 Å². The second-order valence-electron chi connectivity index (χ2n) is 5.84. The summed E-state index contributed by atoms with van der Waals surface area (Å²) in [6.07, 6.45) is 0. The van der Waals surface area contributed by atoms with Gasteiger partial charge in [-0.15, -0.1) is 0 Å². The van der Waals surface area contributed by atoms with Crippen molar-refractivity contribution in [3.63, 3.8) is 0 Å². The number of benzene rings is 5. The molecule has 5 aromatic rings. The molecule has 0 aromatic heterocycles. The van der Waals surface area contributed by atoms with E-state index in [2.05, 4.69) is 82.7 Å². The molecule has 0 aliphatic heterocycles. The highest BCUT2D eigenvalue weighted by atomic mass is 79.9. The molecule has 0 unspecified atom stereocenters. The van der Waals surface area contributed by atoms with Crippen molar-refractivity contribution in [3.8, 4) is 0 Å². The first-order chi connectivity index (χ1) is 10.9. The van der Waals surface area contributed by atoms with Crippen LogP contribution < -0.4 is 0 Å². The molecule has 0 saturated heterocycles. The Balaban J connectivity index is 2.23. The van der Waals surface area contributed by atoms with Gasteiger partial charge in [0.2, 0.25) is 0 Å². The number of hydrogen-bond donors (Lipinski definition) is 0. The maximum Gasteiger partial charge on any atom is 0.0295 e. The largest absolute Gasteiger partial charge is 0.0876 e. The number of fused-ring (bicyclic) bond motifs is 2. The van der Waals surface area contributed by atoms with Gasteiger partial charge in [-0.05, 0) is 48.7 Å². The highest BCUT2D eigenvalue weighted by Crippen LogP contribution is 2.41. The van der Waals surface area contributed by atoms with Crippen molar-refractivity contribution in [2.45, 2.75) is 5.33 Å². The molecule has 0 bridgehead atoms. The minimum Gasteiger partial charge on any atom is -0.0876 e. The molecule has 104 valence electrons. The summed E-state index contributed by atoms with van der Waals surface area (Å²) in [5.74, 6) is 0. The molecule has 0 aliphatic rings. The highest BCUT2D eigenvalue weighted by Gasteiger charge is 2.14. The summed E-state index contributed by atoms with van der Waals surface area (Å²) in [5.41, 5.74) is 1.39. The normalized spacial score (nSPS) is 12.0. The van der Waals surface area contributed by atoms with Gasteiger partial charge in [0.25, 0.3) is 0 Å². The molecule has 0 atom stereocenters. The minimum absolute atomic E-state index is 0.877. The molecule has 0 fully saturated rings. The van der Waals surface area contributed by atoms with Crippen molar-refractivity contribution < 1.29 is 0 Å². The van der Waals surface area contributed by atoms with E-state index < -0.39 is 0 Å². The van der Waals surface area contributed by atoms with Crippen LogP contribution in [0.1, 0.15) is 5.56 Å². The quantitative estimate of drug-likeness (QED) is 0.138. The van der Waals surface area contributed by atoms with Crippen molar-refractivity contribution in [2.24, 2.45) is 0 Å². The minimum atomic E-state index is 0.877. The smallest absolute Gasteiger partial charge is 0.0295 e. The van der Waals surface area contributed by atoms with Crippen LogP contribution in [0.2, 0.25) is 0 Å². The molecule has 0 heterocycles. The van der Waals surface area contributed by atoms with Crippen molar-refractivity contribution in [1.29, 1.82) is 0 Å². The third kappa shape index (κ3) is 1.47. The van der Waals surface area contributed by atoms with Crippen molar-refractivity contribution >= 4 is 59.0 Å². The lowest BCUT2D eigenvalue weighted by Gasteiger charge is -2.16. The van der Waals surface area contributed by atoms with Crippen LogP contribution in [0.4, 0.5) is 0 Å². The van der Waals surface area contributed by atoms with Gasteiger partial charge in [0.15, 0.2) is 0 Å². The van der Waals surface area contributed by atoms with E-state index in [9.17, 15) is 0 Å². The summed E-state index contributed by atoms with van der Waals surface area (Å²) in [4.78, 5) is 0. The fourth-order valence-corrected chi connectivity index (χ4v) is 4.43. The first kappa shape index (κ1) is 12.4. The summed E-state index contributed by atoms with van der Waals surface area (Å²) in [6, 6.07) is 24.4. The molecule has 0 saturated carbocycles. The van der Waals surface area contributed by atoms with Gasteiger partial charge >= 0.3 is 0 Å². The van der Waals surface area contributed by atoms with E-state index in [1.165, 1.54) is 48.7 Å². The van der Waals surface area contributed by atoms with Crippen molar-refractivity contribution in [2.75, 3.05) is 0 Å². The average molecular weight is 346 g/mol. The second kappa shape index (κ2) is 4.44. The Kier molecular flexibility index (Phi) is 2.51. The number of hydrogen-bond acceptors (Lipinski definition) is 0. The van der Waals surface area contributed by atoms with Crippen LogP contribution in [0, 0.1) is 0 Å². The topological polar surface area (TPSA) is 0 Å². The van der Waals surface area contributed by atoms with Gasteiger partial charge < -0.3 is 0 Å². The molecule has 0 radical (unpaired) electrons. The fraction of sp³-hybridized carbons (Fsp3) is 0.0476. The van der Waals surface area contributed by atoms with Gasteiger partial charge in [-0.25, -0.2) is 0 Å². The van der Waals surface area contributed by atoms with Crippen LogP contribution >= 0.6 is 15.9 Å². The SMILES string of the molecule is Br[13CH2]c1c2ccccc2c2ccc3cccc4ccc1c2c43. The average Bonchev–Trinajstić information content (AvgIpc) is 2.59. The lowest BCUT2D eigenvalue weighted by atomic mass is 9.89. The standard InChI is InChI=1S/C21H13Br/c22-12-19-16-7-2-1-6-15(16)17-10-8-13-4-3-5-14-9-11-18(19)21(17)20(13)14/h1-11H,12H2/i12+1. The highest BCUT2D eigenvalue weighted by molar-refractivity contribution is 9.08. The zero-order valence-corrected chi connectivity index (χ0v) is 13.5. The van der Waals surface area contributed by atoms with E-state index in [0.29, 0.717) is 0 Å². The molecule has 0 amide bonds. The molecule has 0 N–H and O–H groups in total. The monoisotopic (exact) mass is 345 g/mol. The molecule has 0 nitrogen and oxygen atoms in total. The number of halogens is 1. The Bertz CT molecular complexity index is 1140. The van der Waals surface area contributed by atoms with Gasteiger partial charge in [0.1, 0.15) is 0 Å². The fourth-order valence-electron chi connectivity index (χ4n) is 3.83. The van der Waals surface area contributed by atoms with Gasteiger partial charge in [-0.3, -0.25) is 0 Å². The third-order valence-electron chi connectivity index (χ3n) is 4.78. The molecular formula is C21H13Br. The Morgan fingerprint density at radius 2 is 1.23 bits per heavy atom. The molecule has 1 heteroatoms.